The van der Waals surface area contributed by atoms with Crippen molar-refractivity contribution in [3.8, 4) is 0 Å². The minimum Gasteiger partial charge on any atom is -0.388 e. The molecule has 1 nitrogen and oxygen atoms in total. The lowest BCUT2D eigenvalue weighted by Gasteiger charge is -2.12. The maximum absolute atomic E-state index is 13.5. The van der Waals surface area contributed by atoms with Gasteiger partial charge in [0.15, 0.2) is 0 Å². The van der Waals surface area contributed by atoms with E-state index in [1.165, 1.54) is 6.07 Å². The van der Waals surface area contributed by atoms with Crippen LogP contribution in [0.5, 0.6) is 0 Å². The van der Waals surface area contributed by atoms with E-state index in [4.69, 9.17) is 11.6 Å². The monoisotopic (exact) mass is 328 g/mol. The molecule has 0 fully saturated rings. The molecule has 0 spiro atoms. The second-order valence-corrected chi connectivity index (χ2v) is 5.37. The van der Waals surface area contributed by atoms with Crippen LogP contribution in [0.15, 0.2) is 46.9 Å². The highest BCUT2D eigenvalue weighted by atomic mass is 79.9. The Morgan fingerprint density at radius 1 is 1.22 bits per heavy atom. The van der Waals surface area contributed by atoms with Crippen molar-refractivity contribution < 1.29 is 9.50 Å². The molecule has 0 aliphatic rings. The first-order valence-corrected chi connectivity index (χ1v) is 6.61. The van der Waals surface area contributed by atoms with Crippen LogP contribution in [-0.2, 0) is 6.42 Å². The largest absolute Gasteiger partial charge is 0.388 e. The molecule has 0 amide bonds. The van der Waals surface area contributed by atoms with E-state index in [-0.39, 0.29) is 12.2 Å². The summed E-state index contributed by atoms with van der Waals surface area (Å²) in [5, 5.41) is 10.6. The molecule has 1 unspecified atom stereocenters. The molecular weight excluding hydrogens is 319 g/mol. The van der Waals surface area contributed by atoms with Gasteiger partial charge in [-0.05, 0) is 35.4 Å². The fourth-order valence-electron chi connectivity index (χ4n) is 1.76. The van der Waals surface area contributed by atoms with Crippen molar-refractivity contribution in [2.75, 3.05) is 0 Å². The lowest BCUT2D eigenvalue weighted by molar-refractivity contribution is 0.177. The van der Waals surface area contributed by atoms with Gasteiger partial charge in [-0.1, -0.05) is 45.7 Å². The summed E-state index contributed by atoms with van der Waals surface area (Å²) in [6, 6.07) is 11.6. The minimum atomic E-state index is -0.781. The molecule has 2 rings (SSSR count). The topological polar surface area (TPSA) is 20.2 Å². The van der Waals surface area contributed by atoms with Gasteiger partial charge in [-0.15, -0.1) is 0 Å². The Morgan fingerprint density at radius 2 is 1.94 bits per heavy atom. The second kappa shape index (κ2) is 5.83. The number of hydrogen-bond donors (Lipinski definition) is 1. The molecule has 0 aliphatic heterocycles. The third-order valence-electron chi connectivity index (χ3n) is 2.64. The van der Waals surface area contributed by atoms with Crippen molar-refractivity contribution in [1.29, 1.82) is 0 Å². The Bertz CT molecular complexity index is 539. The van der Waals surface area contributed by atoms with E-state index in [2.05, 4.69) is 15.9 Å². The summed E-state index contributed by atoms with van der Waals surface area (Å²) in [5.41, 5.74) is 1.15. The van der Waals surface area contributed by atoms with Gasteiger partial charge in [0, 0.05) is 15.9 Å². The molecule has 1 atom stereocenters. The number of aliphatic hydroxyl groups is 1. The Morgan fingerprint density at radius 3 is 2.61 bits per heavy atom. The molecule has 0 heterocycles. The van der Waals surface area contributed by atoms with Crippen molar-refractivity contribution in [2.45, 2.75) is 12.5 Å². The minimum absolute atomic E-state index is 0.222. The molecule has 0 aliphatic carbocycles. The molecule has 0 saturated carbocycles. The van der Waals surface area contributed by atoms with Crippen molar-refractivity contribution in [1.82, 2.24) is 0 Å². The quantitative estimate of drug-likeness (QED) is 0.878. The fraction of sp³-hybridized carbons (Fsp3) is 0.143. The van der Waals surface area contributed by atoms with E-state index in [9.17, 15) is 9.50 Å². The van der Waals surface area contributed by atoms with E-state index >= 15 is 0 Å². The zero-order valence-electron chi connectivity index (χ0n) is 9.41. The summed E-state index contributed by atoms with van der Waals surface area (Å²) in [6.07, 6.45) is -0.559. The van der Waals surface area contributed by atoms with Crippen LogP contribution in [0.4, 0.5) is 4.39 Å². The Hall–Kier alpha value is -0.900. The SMILES string of the molecule is OC(Cc1ccccc1F)c1cc(Cl)cc(Br)c1. The van der Waals surface area contributed by atoms with Crippen LogP contribution in [0, 0.1) is 5.82 Å². The summed E-state index contributed by atoms with van der Waals surface area (Å²) in [5.74, 6) is -0.308. The summed E-state index contributed by atoms with van der Waals surface area (Å²) in [4.78, 5) is 0. The first kappa shape index (κ1) is 13.5. The molecule has 0 radical (unpaired) electrons. The lowest BCUT2D eigenvalue weighted by Crippen LogP contribution is -2.03. The van der Waals surface area contributed by atoms with Crippen LogP contribution >= 0.6 is 27.5 Å². The summed E-state index contributed by atoms with van der Waals surface area (Å²) in [7, 11) is 0. The average molecular weight is 330 g/mol. The molecule has 0 bridgehead atoms. The third kappa shape index (κ3) is 3.31. The Balaban J connectivity index is 2.22. The molecular formula is C14H11BrClFO. The predicted octanol–water partition coefficient (Wildman–Crippen LogP) is 4.52. The Labute approximate surface area is 118 Å². The van der Waals surface area contributed by atoms with Crippen molar-refractivity contribution in [2.24, 2.45) is 0 Å². The summed E-state index contributed by atoms with van der Waals surface area (Å²) in [6.45, 7) is 0. The van der Waals surface area contributed by atoms with Crippen LogP contribution < -0.4 is 0 Å². The standard InChI is InChI=1S/C14H11BrClFO/c15-11-5-10(6-12(16)8-11)14(18)7-9-3-1-2-4-13(9)17/h1-6,8,14,18H,7H2. The molecule has 2 aromatic rings. The van der Waals surface area contributed by atoms with Gasteiger partial charge in [0.25, 0.3) is 0 Å². The van der Waals surface area contributed by atoms with Crippen LogP contribution in [-0.4, -0.2) is 5.11 Å². The molecule has 94 valence electrons. The van der Waals surface area contributed by atoms with Gasteiger partial charge >= 0.3 is 0 Å². The smallest absolute Gasteiger partial charge is 0.126 e. The fourth-order valence-corrected chi connectivity index (χ4v) is 2.64. The lowest BCUT2D eigenvalue weighted by atomic mass is 10.0. The predicted molar refractivity (Wildman–Crippen MR) is 74.2 cm³/mol. The van der Waals surface area contributed by atoms with E-state index in [1.54, 1.807) is 36.4 Å². The number of benzene rings is 2. The van der Waals surface area contributed by atoms with Gasteiger partial charge in [-0.25, -0.2) is 4.39 Å². The van der Waals surface area contributed by atoms with Gasteiger partial charge < -0.3 is 5.11 Å². The molecule has 4 heteroatoms. The van der Waals surface area contributed by atoms with E-state index in [0.29, 0.717) is 16.1 Å². The van der Waals surface area contributed by atoms with Gasteiger partial charge in [-0.2, -0.15) is 0 Å². The molecule has 2 aromatic carbocycles. The van der Waals surface area contributed by atoms with Crippen LogP contribution in [0.25, 0.3) is 0 Å². The van der Waals surface area contributed by atoms with Crippen molar-refractivity contribution >= 4 is 27.5 Å². The number of aliphatic hydroxyl groups excluding tert-OH is 1. The maximum atomic E-state index is 13.5. The van der Waals surface area contributed by atoms with Crippen molar-refractivity contribution in [3.63, 3.8) is 0 Å². The van der Waals surface area contributed by atoms with E-state index < -0.39 is 6.10 Å². The summed E-state index contributed by atoms with van der Waals surface area (Å²) >= 11 is 9.22. The molecule has 1 N–H and O–H groups in total. The first-order chi connectivity index (χ1) is 8.56. The zero-order chi connectivity index (χ0) is 13.1. The zero-order valence-corrected chi connectivity index (χ0v) is 11.7. The Kier molecular flexibility index (Phi) is 4.38. The van der Waals surface area contributed by atoms with Crippen LogP contribution in [0.2, 0.25) is 5.02 Å². The average Bonchev–Trinajstić information content (AvgIpc) is 2.31. The number of hydrogen-bond acceptors (Lipinski definition) is 1. The van der Waals surface area contributed by atoms with Crippen LogP contribution in [0.3, 0.4) is 0 Å². The first-order valence-electron chi connectivity index (χ1n) is 5.44. The highest BCUT2D eigenvalue weighted by molar-refractivity contribution is 9.10. The van der Waals surface area contributed by atoms with Crippen molar-refractivity contribution in [3.05, 3.63) is 68.9 Å². The number of rotatable bonds is 3. The highest BCUT2D eigenvalue weighted by Gasteiger charge is 2.12. The molecule has 0 aromatic heterocycles. The van der Waals surface area contributed by atoms with Gasteiger partial charge in [0.1, 0.15) is 5.82 Å². The molecule has 18 heavy (non-hydrogen) atoms. The van der Waals surface area contributed by atoms with Gasteiger partial charge in [0.05, 0.1) is 6.10 Å². The van der Waals surface area contributed by atoms with E-state index in [0.717, 1.165) is 4.47 Å². The second-order valence-electron chi connectivity index (χ2n) is 4.01. The third-order valence-corrected chi connectivity index (χ3v) is 3.32. The maximum Gasteiger partial charge on any atom is 0.126 e. The van der Waals surface area contributed by atoms with Crippen LogP contribution in [0.1, 0.15) is 17.2 Å². The molecule has 0 saturated heterocycles. The van der Waals surface area contributed by atoms with E-state index in [1.807, 2.05) is 0 Å². The number of halogens is 3. The normalized spacial score (nSPS) is 12.4. The van der Waals surface area contributed by atoms with Gasteiger partial charge in [-0.3, -0.25) is 0 Å². The van der Waals surface area contributed by atoms with Gasteiger partial charge in [0.2, 0.25) is 0 Å². The summed E-state index contributed by atoms with van der Waals surface area (Å²) < 4.78 is 14.3. The highest BCUT2D eigenvalue weighted by Crippen LogP contribution is 2.26.